The predicted octanol–water partition coefficient (Wildman–Crippen LogP) is 0.893. The number of sulfonamides is 1. The Hall–Kier alpha value is -1.51. The molecule has 2 saturated heterocycles. The fourth-order valence-corrected chi connectivity index (χ4v) is 5.90. The van der Waals surface area contributed by atoms with E-state index in [0.29, 0.717) is 26.2 Å². The summed E-state index contributed by atoms with van der Waals surface area (Å²) >= 11 is 0. The maximum absolute atomic E-state index is 13.1. The predicted molar refractivity (Wildman–Crippen MR) is 105 cm³/mol. The van der Waals surface area contributed by atoms with Crippen molar-refractivity contribution in [1.29, 1.82) is 0 Å². The SMILES string of the molecule is C[C@@H]1CCC[C@@H](C)N1C(=O)[C@@H](C)[NH+]1CCN(S(=O)(=O)c2ccc(F)cc2)CC1. The third-order valence-electron chi connectivity index (χ3n) is 6.25. The zero-order chi connectivity index (χ0) is 20.5. The number of carbonyl (C=O) groups is 1. The number of likely N-dealkylation sites (tertiary alicyclic amines) is 1. The van der Waals surface area contributed by atoms with Crippen LogP contribution in [0.1, 0.15) is 40.0 Å². The molecule has 0 spiro atoms. The molecule has 0 aliphatic carbocycles. The number of nitrogens with one attached hydrogen (secondary N) is 1. The molecule has 1 N–H and O–H groups in total. The largest absolute Gasteiger partial charge is 0.332 e. The van der Waals surface area contributed by atoms with Gasteiger partial charge in [-0.05, 0) is 64.3 Å². The Labute approximate surface area is 167 Å². The molecule has 2 fully saturated rings. The molecule has 6 nitrogen and oxygen atoms in total. The normalized spacial score (nSPS) is 26.2. The first-order valence-corrected chi connectivity index (χ1v) is 11.6. The number of halogens is 1. The van der Waals surface area contributed by atoms with Gasteiger partial charge in [0.2, 0.25) is 10.0 Å². The number of quaternary nitrogens is 1. The van der Waals surface area contributed by atoms with Crippen LogP contribution in [0.15, 0.2) is 29.2 Å². The number of amides is 1. The van der Waals surface area contributed by atoms with Gasteiger partial charge in [-0.25, -0.2) is 12.8 Å². The molecule has 1 amide bonds. The Kier molecular flexibility index (Phi) is 6.41. The number of piperazine rings is 1. The topological polar surface area (TPSA) is 62.1 Å². The average molecular weight is 413 g/mol. The molecule has 0 bridgehead atoms. The van der Waals surface area contributed by atoms with Gasteiger partial charge in [0.1, 0.15) is 5.82 Å². The second-order valence-electron chi connectivity index (χ2n) is 8.11. The van der Waals surface area contributed by atoms with Crippen LogP contribution in [0.2, 0.25) is 0 Å². The molecule has 156 valence electrons. The van der Waals surface area contributed by atoms with Crippen LogP contribution < -0.4 is 4.90 Å². The first-order valence-electron chi connectivity index (χ1n) is 10.1. The van der Waals surface area contributed by atoms with Gasteiger partial charge in [0, 0.05) is 12.1 Å². The van der Waals surface area contributed by atoms with Crippen LogP contribution in [0, 0.1) is 5.82 Å². The zero-order valence-electron chi connectivity index (χ0n) is 16.9. The first-order chi connectivity index (χ1) is 13.2. The van der Waals surface area contributed by atoms with Crippen molar-refractivity contribution < 1.29 is 22.5 Å². The van der Waals surface area contributed by atoms with E-state index in [4.69, 9.17) is 0 Å². The molecule has 0 unspecified atom stereocenters. The van der Waals surface area contributed by atoms with Crippen LogP contribution in [0.5, 0.6) is 0 Å². The van der Waals surface area contributed by atoms with Crippen LogP contribution in [-0.2, 0) is 14.8 Å². The van der Waals surface area contributed by atoms with Crippen molar-refractivity contribution in [3.63, 3.8) is 0 Å². The Morgan fingerprint density at radius 3 is 2.18 bits per heavy atom. The Balaban J connectivity index is 1.63. The molecule has 1 aromatic carbocycles. The number of piperidine rings is 1. The smallest absolute Gasteiger partial charge is 0.281 e. The standard InChI is InChI=1S/C20H30FN3O3S/c1-15-5-4-6-16(2)24(15)20(25)17(3)22-11-13-23(14-12-22)28(26,27)19-9-7-18(21)8-10-19/h7-10,15-17H,4-6,11-14H2,1-3H3/p+1/t15-,16-,17-/m1/s1. The van der Waals surface area contributed by atoms with Gasteiger partial charge in [0.25, 0.3) is 5.91 Å². The van der Waals surface area contributed by atoms with Crippen molar-refractivity contribution in [2.75, 3.05) is 26.2 Å². The van der Waals surface area contributed by atoms with Crippen molar-refractivity contribution in [1.82, 2.24) is 9.21 Å². The van der Waals surface area contributed by atoms with E-state index < -0.39 is 15.8 Å². The molecule has 1 aromatic rings. The number of hydrogen-bond donors (Lipinski definition) is 1. The van der Waals surface area contributed by atoms with Crippen molar-refractivity contribution in [3.8, 4) is 0 Å². The van der Waals surface area contributed by atoms with Crippen molar-refractivity contribution >= 4 is 15.9 Å². The quantitative estimate of drug-likeness (QED) is 0.799. The van der Waals surface area contributed by atoms with Gasteiger partial charge in [-0.15, -0.1) is 0 Å². The minimum absolute atomic E-state index is 0.109. The molecule has 0 saturated carbocycles. The van der Waals surface area contributed by atoms with Crippen LogP contribution in [0.25, 0.3) is 0 Å². The van der Waals surface area contributed by atoms with E-state index in [-0.39, 0.29) is 28.9 Å². The van der Waals surface area contributed by atoms with E-state index in [1.54, 1.807) is 0 Å². The minimum Gasteiger partial charge on any atom is -0.332 e. The molecule has 8 heteroatoms. The molecule has 28 heavy (non-hydrogen) atoms. The summed E-state index contributed by atoms with van der Waals surface area (Å²) in [5, 5.41) is 0. The van der Waals surface area contributed by atoms with Crippen molar-refractivity contribution in [2.45, 2.75) is 63.1 Å². The summed E-state index contributed by atoms with van der Waals surface area (Å²) in [5.74, 6) is -0.286. The zero-order valence-corrected chi connectivity index (χ0v) is 17.7. The number of nitrogens with zero attached hydrogens (tertiary/aromatic N) is 2. The van der Waals surface area contributed by atoms with E-state index in [1.165, 1.54) is 16.4 Å². The summed E-state index contributed by atoms with van der Waals surface area (Å²) in [6, 6.07) is 5.27. The summed E-state index contributed by atoms with van der Waals surface area (Å²) < 4.78 is 40.1. The number of benzene rings is 1. The Bertz CT molecular complexity index is 781. The van der Waals surface area contributed by atoms with E-state index in [2.05, 4.69) is 13.8 Å². The fraction of sp³-hybridized carbons (Fsp3) is 0.650. The van der Waals surface area contributed by atoms with Gasteiger partial charge in [0.15, 0.2) is 6.04 Å². The molecule has 2 aliphatic rings. The summed E-state index contributed by atoms with van der Waals surface area (Å²) in [7, 11) is -3.63. The average Bonchev–Trinajstić information content (AvgIpc) is 2.67. The third-order valence-corrected chi connectivity index (χ3v) is 8.16. The Morgan fingerprint density at radius 2 is 1.64 bits per heavy atom. The molecular weight excluding hydrogens is 381 g/mol. The molecule has 3 rings (SSSR count). The minimum atomic E-state index is -3.63. The number of carbonyl (C=O) groups excluding carboxylic acids is 1. The summed E-state index contributed by atoms with van der Waals surface area (Å²) in [6.45, 7) is 8.07. The third kappa shape index (κ3) is 4.23. The maximum atomic E-state index is 13.1. The monoisotopic (exact) mass is 412 g/mol. The summed E-state index contributed by atoms with van der Waals surface area (Å²) in [5.41, 5.74) is 0. The maximum Gasteiger partial charge on any atom is 0.281 e. The Morgan fingerprint density at radius 1 is 1.11 bits per heavy atom. The summed E-state index contributed by atoms with van der Waals surface area (Å²) in [6.07, 6.45) is 3.25. The lowest BCUT2D eigenvalue weighted by molar-refractivity contribution is -0.918. The number of hydrogen-bond acceptors (Lipinski definition) is 3. The molecule has 3 atom stereocenters. The number of rotatable bonds is 4. The van der Waals surface area contributed by atoms with Gasteiger partial charge in [-0.2, -0.15) is 4.31 Å². The van der Waals surface area contributed by atoms with E-state index in [0.717, 1.165) is 36.3 Å². The van der Waals surface area contributed by atoms with Gasteiger partial charge in [-0.3, -0.25) is 4.79 Å². The van der Waals surface area contributed by atoms with Crippen LogP contribution in [-0.4, -0.2) is 67.8 Å². The highest BCUT2D eigenvalue weighted by Gasteiger charge is 2.39. The molecular formula is C20H31FN3O3S+. The first kappa shape index (κ1) is 21.2. The van der Waals surface area contributed by atoms with E-state index >= 15 is 0 Å². The molecule has 2 heterocycles. The molecule has 0 aromatic heterocycles. The molecule has 2 aliphatic heterocycles. The second-order valence-corrected chi connectivity index (χ2v) is 10.1. The fourth-order valence-electron chi connectivity index (χ4n) is 4.46. The van der Waals surface area contributed by atoms with Crippen LogP contribution in [0.4, 0.5) is 4.39 Å². The van der Waals surface area contributed by atoms with Gasteiger partial charge in [0.05, 0.1) is 31.1 Å². The lowest BCUT2D eigenvalue weighted by Crippen LogP contribution is -3.19. The van der Waals surface area contributed by atoms with Crippen molar-refractivity contribution in [3.05, 3.63) is 30.1 Å². The van der Waals surface area contributed by atoms with E-state index in [9.17, 15) is 17.6 Å². The highest BCUT2D eigenvalue weighted by Crippen LogP contribution is 2.23. The van der Waals surface area contributed by atoms with Crippen molar-refractivity contribution in [2.24, 2.45) is 0 Å². The second kappa shape index (κ2) is 8.47. The summed E-state index contributed by atoms with van der Waals surface area (Å²) in [4.78, 5) is 16.4. The van der Waals surface area contributed by atoms with Crippen LogP contribution in [0.3, 0.4) is 0 Å². The lowest BCUT2D eigenvalue weighted by atomic mass is 9.96. The van der Waals surface area contributed by atoms with Gasteiger partial charge < -0.3 is 9.80 Å². The van der Waals surface area contributed by atoms with Crippen LogP contribution >= 0.6 is 0 Å². The van der Waals surface area contributed by atoms with E-state index in [1.807, 2.05) is 11.8 Å². The highest BCUT2D eigenvalue weighted by atomic mass is 32.2. The molecule has 0 radical (unpaired) electrons. The van der Waals surface area contributed by atoms with Gasteiger partial charge >= 0.3 is 0 Å². The lowest BCUT2D eigenvalue weighted by Gasteiger charge is -2.42. The highest BCUT2D eigenvalue weighted by molar-refractivity contribution is 7.89. The van der Waals surface area contributed by atoms with Gasteiger partial charge in [-0.1, -0.05) is 0 Å².